The molecule has 5 heteroatoms. The van der Waals surface area contributed by atoms with Gasteiger partial charge in [0.25, 0.3) is 0 Å². The number of halogens is 1. The molecule has 0 aliphatic rings. The molecule has 0 amide bonds. The highest BCUT2D eigenvalue weighted by Gasteiger charge is 2.09. The Kier molecular flexibility index (Phi) is 3.85. The van der Waals surface area contributed by atoms with Crippen molar-refractivity contribution in [2.75, 3.05) is 18.2 Å². The Balaban J connectivity index is 2.18. The molecular weight excluding hydrogens is 245 g/mol. The summed E-state index contributed by atoms with van der Waals surface area (Å²) in [6.07, 6.45) is 0. The fraction of sp³-hybridized carbons (Fsp3) is 0.214. The fourth-order valence-corrected chi connectivity index (χ4v) is 1.72. The average molecular weight is 261 g/mol. The third-order valence-electron chi connectivity index (χ3n) is 2.83. The molecule has 1 aromatic carbocycles. The van der Waals surface area contributed by atoms with E-state index in [1.54, 1.807) is 31.4 Å². The first-order valence-corrected chi connectivity index (χ1v) is 5.92. The van der Waals surface area contributed by atoms with E-state index in [4.69, 9.17) is 10.5 Å². The number of nitrogens with one attached hydrogen (secondary N) is 1. The minimum absolute atomic E-state index is 0.0393. The van der Waals surface area contributed by atoms with Gasteiger partial charge in [-0.2, -0.15) is 4.98 Å². The van der Waals surface area contributed by atoms with Gasteiger partial charge in [-0.3, -0.25) is 0 Å². The Hall–Kier alpha value is -2.30. The number of nitrogen functional groups attached to an aromatic ring is 1. The van der Waals surface area contributed by atoms with Gasteiger partial charge in [-0.1, -0.05) is 12.1 Å². The molecule has 0 saturated heterocycles. The van der Waals surface area contributed by atoms with E-state index in [1.165, 1.54) is 12.1 Å². The number of ether oxygens (including phenoxy) is 1. The van der Waals surface area contributed by atoms with Crippen LogP contribution in [-0.2, 0) is 0 Å². The van der Waals surface area contributed by atoms with Crippen molar-refractivity contribution >= 4 is 11.5 Å². The van der Waals surface area contributed by atoms with Crippen molar-refractivity contribution in [3.05, 3.63) is 47.8 Å². The minimum Gasteiger partial charge on any atom is -0.481 e. The van der Waals surface area contributed by atoms with Crippen molar-refractivity contribution in [1.29, 1.82) is 0 Å². The lowest BCUT2D eigenvalue weighted by Gasteiger charge is -2.16. The number of hydrogen-bond donors (Lipinski definition) is 2. The van der Waals surface area contributed by atoms with Gasteiger partial charge < -0.3 is 15.8 Å². The fourth-order valence-electron chi connectivity index (χ4n) is 1.72. The van der Waals surface area contributed by atoms with Gasteiger partial charge >= 0.3 is 0 Å². The predicted molar refractivity (Wildman–Crippen MR) is 73.6 cm³/mol. The first-order chi connectivity index (χ1) is 9.10. The third-order valence-corrected chi connectivity index (χ3v) is 2.83. The Bertz CT molecular complexity index is 557. The molecule has 1 heterocycles. The van der Waals surface area contributed by atoms with Crippen LogP contribution in [0.15, 0.2) is 36.4 Å². The van der Waals surface area contributed by atoms with Crippen LogP contribution in [0, 0.1) is 5.82 Å². The zero-order valence-electron chi connectivity index (χ0n) is 10.9. The van der Waals surface area contributed by atoms with Crippen LogP contribution in [0.2, 0.25) is 0 Å². The Morgan fingerprint density at radius 2 is 1.89 bits per heavy atom. The molecule has 1 aromatic heterocycles. The molecule has 0 bridgehead atoms. The summed E-state index contributed by atoms with van der Waals surface area (Å²) in [4.78, 5) is 4.24. The van der Waals surface area contributed by atoms with E-state index in [0.717, 1.165) is 5.56 Å². The molecule has 1 unspecified atom stereocenters. The number of pyridine rings is 1. The number of nitrogens with zero attached hydrogens (tertiary/aromatic N) is 1. The molecule has 0 fully saturated rings. The van der Waals surface area contributed by atoms with E-state index in [1.807, 2.05) is 6.92 Å². The summed E-state index contributed by atoms with van der Waals surface area (Å²) in [6, 6.07) is 9.69. The van der Waals surface area contributed by atoms with Crippen LogP contribution in [-0.4, -0.2) is 12.1 Å². The number of anilines is 2. The molecule has 100 valence electrons. The van der Waals surface area contributed by atoms with Gasteiger partial charge in [0.15, 0.2) is 5.82 Å². The van der Waals surface area contributed by atoms with Crippen molar-refractivity contribution in [3.8, 4) is 5.88 Å². The second-order valence-corrected chi connectivity index (χ2v) is 4.21. The predicted octanol–water partition coefficient (Wildman–Crippen LogP) is 2.98. The summed E-state index contributed by atoms with van der Waals surface area (Å²) in [6.45, 7) is 1.95. The maximum Gasteiger partial charge on any atom is 0.215 e. The van der Waals surface area contributed by atoms with Gasteiger partial charge in [-0.25, -0.2) is 4.39 Å². The van der Waals surface area contributed by atoms with E-state index in [0.29, 0.717) is 17.4 Å². The third kappa shape index (κ3) is 3.13. The van der Waals surface area contributed by atoms with E-state index >= 15 is 0 Å². The second kappa shape index (κ2) is 5.56. The van der Waals surface area contributed by atoms with Crippen molar-refractivity contribution in [3.63, 3.8) is 0 Å². The largest absolute Gasteiger partial charge is 0.481 e. The highest BCUT2D eigenvalue weighted by Crippen LogP contribution is 2.24. The van der Waals surface area contributed by atoms with Crippen LogP contribution < -0.4 is 15.8 Å². The maximum absolute atomic E-state index is 12.9. The summed E-state index contributed by atoms with van der Waals surface area (Å²) in [5.74, 6) is 0.786. The summed E-state index contributed by atoms with van der Waals surface area (Å²) < 4.78 is 17.9. The van der Waals surface area contributed by atoms with E-state index in [-0.39, 0.29) is 11.9 Å². The lowest BCUT2D eigenvalue weighted by atomic mass is 10.1. The SMILES string of the molecule is COc1ccc(N)c(NC(C)c2ccc(F)cc2)n1. The molecule has 1 atom stereocenters. The number of rotatable bonds is 4. The minimum atomic E-state index is -0.255. The number of benzene rings is 1. The molecule has 3 N–H and O–H groups in total. The number of hydrogen-bond acceptors (Lipinski definition) is 4. The lowest BCUT2D eigenvalue weighted by molar-refractivity contribution is 0.398. The molecule has 0 spiro atoms. The molecule has 0 saturated carbocycles. The smallest absolute Gasteiger partial charge is 0.215 e. The Morgan fingerprint density at radius 3 is 2.53 bits per heavy atom. The van der Waals surface area contributed by atoms with E-state index < -0.39 is 0 Å². The summed E-state index contributed by atoms with van der Waals surface area (Å²) in [5.41, 5.74) is 7.34. The average Bonchev–Trinajstić information content (AvgIpc) is 2.42. The van der Waals surface area contributed by atoms with Crippen molar-refractivity contribution in [1.82, 2.24) is 4.98 Å². The van der Waals surface area contributed by atoms with Gasteiger partial charge in [0.1, 0.15) is 5.82 Å². The molecule has 19 heavy (non-hydrogen) atoms. The quantitative estimate of drug-likeness (QED) is 0.888. The van der Waals surface area contributed by atoms with Crippen molar-refractivity contribution in [2.45, 2.75) is 13.0 Å². The van der Waals surface area contributed by atoms with Crippen molar-refractivity contribution < 1.29 is 9.13 Å². The topological polar surface area (TPSA) is 60.2 Å². The number of aromatic nitrogens is 1. The summed E-state index contributed by atoms with van der Waals surface area (Å²) in [5, 5.41) is 3.18. The highest BCUT2D eigenvalue weighted by atomic mass is 19.1. The molecule has 4 nitrogen and oxygen atoms in total. The summed E-state index contributed by atoms with van der Waals surface area (Å²) in [7, 11) is 1.55. The normalized spacial score (nSPS) is 11.9. The van der Waals surface area contributed by atoms with Gasteiger partial charge in [-0.05, 0) is 30.7 Å². The molecule has 0 aliphatic carbocycles. The zero-order valence-corrected chi connectivity index (χ0v) is 10.9. The van der Waals surface area contributed by atoms with Crippen LogP contribution in [0.1, 0.15) is 18.5 Å². The molecule has 0 radical (unpaired) electrons. The number of nitrogens with two attached hydrogens (primary N) is 1. The molecule has 2 rings (SSSR count). The Labute approximate surface area is 111 Å². The molecular formula is C14H16FN3O. The van der Waals surface area contributed by atoms with Crippen LogP contribution in [0.3, 0.4) is 0 Å². The maximum atomic E-state index is 12.9. The van der Waals surface area contributed by atoms with E-state index in [9.17, 15) is 4.39 Å². The van der Waals surface area contributed by atoms with Crippen LogP contribution >= 0.6 is 0 Å². The lowest BCUT2D eigenvalue weighted by Crippen LogP contribution is -2.10. The monoisotopic (exact) mass is 261 g/mol. The first kappa shape index (κ1) is 13.1. The zero-order chi connectivity index (χ0) is 13.8. The Morgan fingerprint density at radius 1 is 1.21 bits per heavy atom. The second-order valence-electron chi connectivity index (χ2n) is 4.21. The van der Waals surface area contributed by atoms with Gasteiger partial charge in [0.05, 0.1) is 18.8 Å². The summed E-state index contributed by atoms with van der Waals surface area (Å²) >= 11 is 0. The highest BCUT2D eigenvalue weighted by molar-refractivity contribution is 5.62. The number of methoxy groups -OCH3 is 1. The van der Waals surface area contributed by atoms with Crippen LogP contribution in [0.5, 0.6) is 5.88 Å². The standard InChI is InChI=1S/C14H16FN3O/c1-9(10-3-5-11(15)6-4-10)17-14-12(16)7-8-13(18-14)19-2/h3-9H,16H2,1-2H3,(H,17,18). The van der Waals surface area contributed by atoms with Crippen molar-refractivity contribution in [2.24, 2.45) is 0 Å². The van der Waals surface area contributed by atoms with Gasteiger partial charge in [-0.15, -0.1) is 0 Å². The van der Waals surface area contributed by atoms with E-state index in [2.05, 4.69) is 10.3 Å². The first-order valence-electron chi connectivity index (χ1n) is 5.92. The van der Waals surface area contributed by atoms with Gasteiger partial charge in [0.2, 0.25) is 5.88 Å². The van der Waals surface area contributed by atoms with Crippen LogP contribution in [0.4, 0.5) is 15.9 Å². The van der Waals surface area contributed by atoms with Gasteiger partial charge in [0, 0.05) is 6.07 Å². The van der Waals surface area contributed by atoms with Crippen LogP contribution in [0.25, 0.3) is 0 Å². The molecule has 0 aliphatic heterocycles. The molecule has 2 aromatic rings.